The second kappa shape index (κ2) is 4.56. The zero-order chi connectivity index (χ0) is 14.3. The largest absolute Gasteiger partial charge is 0.294 e. The minimum absolute atomic E-state index is 0.000493. The van der Waals surface area contributed by atoms with Gasteiger partial charge in [-0.2, -0.15) is 9.19 Å². The van der Waals surface area contributed by atoms with Crippen molar-refractivity contribution in [3.8, 4) is 11.1 Å². The van der Waals surface area contributed by atoms with Gasteiger partial charge in [-0.25, -0.2) is 8.42 Å². The molecule has 20 heavy (non-hydrogen) atoms. The lowest BCUT2D eigenvalue weighted by molar-refractivity contribution is 0.0994. The number of fused-ring (bicyclic) bond motifs is 1. The molecule has 0 N–H and O–H groups in total. The number of nitrogens with zero attached hydrogens (tertiary/aromatic N) is 2. The van der Waals surface area contributed by atoms with E-state index in [-0.39, 0.29) is 11.5 Å². The molecular weight excluding hydrogens is 276 g/mol. The smallest absolute Gasteiger partial charge is 0.253 e. The van der Waals surface area contributed by atoms with Crippen molar-refractivity contribution in [2.24, 2.45) is 0 Å². The molecule has 0 saturated carbocycles. The Morgan fingerprint density at radius 2 is 2.00 bits per heavy atom. The molecule has 0 radical (unpaired) electrons. The topological polar surface area (TPSA) is 69.0 Å². The Kier molecular flexibility index (Phi) is 2.97. The van der Waals surface area contributed by atoms with Gasteiger partial charge in [0.2, 0.25) is 0 Å². The third kappa shape index (κ3) is 1.96. The monoisotopic (exact) mass is 290 g/mol. The van der Waals surface area contributed by atoms with Crippen LogP contribution in [0.1, 0.15) is 29.3 Å². The number of ketones is 1. The fraction of sp³-hybridized carbons (Fsp3) is 0.286. The molecule has 6 heteroatoms. The minimum atomic E-state index is -3.37. The van der Waals surface area contributed by atoms with Crippen molar-refractivity contribution < 1.29 is 13.2 Å². The van der Waals surface area contributed by atoms with Crippen LogP contribution in [0, 0.1) is 0 Å². The molecular formula is C14H14N2O3S. The van der Waals surface area contributed by atoms with E-state index >= 15 is 0 Å². The van der Waals surface area contributed by atoms with Gasteiger partial charge in [0, 0.05) is 17.5 Å². The quantitative estimate of drug-likeness (QED) is 0.865. The van der Waals surface area contributed by atoms with Gasteiger partial charge >= 0.3 is 0 Å². The number of benzene rings is 1. The van der Waals surface area contributed by atoms with Crippen LogP contribution in [0.25, 0.3) is 11.1 Å². The maximum absolute atomic E-state index is 11.8. The van der Waals surface area contributed by atoms with Crippen molar-refractivity contribution in [2.75, 3.05) is 5.75 Å². The van der Waals surface area contributed by atoms with E-state index in [1.807, 2.05) is 18.2 Å². The van der Waals surface area contributed by atoms with Gasteiger partial charge in [0.15, 0.2) is 5.78 Å². The standard InChI is InChI=1S/C14H14N2O3S/c1-2-20(18,19)16-9-10(8-15-16)11-4-3-5-13-12(11)6-7-14(13)17/h3-5,8-9H,2,6-7H2,1H3. The van der Waals surface area contributed by atoms with Crippen LogP contribution in [-0.4, -0.2) is 29.1 Å². The molecule has 5 nitrogen and oxygen atoms in total. The van der Waals surface area contributed by atoms with Crippen molar-refractivity contribution in [1.29, 1.82) is 0 Å². The van der Waals surface area contributed by atoms with Gasteiger partial charge in [0.1, 0.15) is 0 Å². The summed E-state index contributed by atoms with van der Waals surface area (Å²) in [4.78, 5) is 11.7. The zero-order valence-corrected chi connectivity index (χ0v) is 11.9. The average molecular weight is 290 g/mol. The van der Waals surface area contributed by atoms with E-state index < -0.39 is 10.0 Å². The molecule has 1 heterocycles. The van der Waals surface area contributed by atoms with E-state index in [1.165, 1.54) is 12.4 Å². The number of carbonyl (C=O) groups excluding carboxylic acids is 1. The summed E-state index contributed by atoms with van der Waals surface area (Å²) in [5, 5.41) is 3.92. The summed E-state index contributed by atoms with van der Waals surface area (Å²) < 4.78 is 24.6. The first-order chi connectivity index (χ1) is 9.53. The first-order valence-electron chi connectivity index (χ1n) is 6.46. The summed E-state index contributed by atoms with van der Waals surface area (Å²) in [6.07, 6.45) is 4.27. The molecule has 3 rings (SSSR count). The Morgan fingerprint density at radius 3 is 2.75 bits per heavy atom. The van der Waals surface area contributed by atoms with Crippen LogP contribution in [0.4, 0.5) is 0 Å². The van der Waals surface area contributed by atoms with Crippen LogP contribution in [0.3, 0.4) is 0 Å². The minimum Gasteiger partial charge on any atom is -0.294 e. The van der Waals surface area contributed by atoms with Crippen molar-refractivity contribution in [3.63, 3.8) is 0 Å². The number of Topliss-reactive ketones (excluding diaryl/α,β-unsaturated/α-hetero) is 1. The maximum atomic E-state index is 11.8. The number of rotatable bonds is 3. The van der Waals surface area contributed by atoms with Crippen LogP contribution in [-0.2, 0) is 16.4 Å². The summed E-state index contributed by atoms with van der Waals surface area (Å²) in [5.41, 5.74) is 3.36. The van der Waals surface area contributed by atoms with Crippen molar-refractivity contribution in [2.45, 2.75) is 19.8 Å². The summed E-state index contributed by atoms with van der Waals surface area (Å²) in [5.74, 6) is 0.148. The van der Waals surface area contributed by atoms with Gasteiger partial charge in [0.05, 0.1) is 18.1 Å². The van der Waals surface area contributed by atoms with Gasteiger partial charge in [-0.15, -0.1) is 0 Å². The lowest BCUT2D eigenvalue weighted by Crippen LogP contribution is -2.14. The highest BCUT2D eigenvalue weighted by Gasteiger charge is 2.23. The molecule has 0 saturated heterocycles. The van der Waals surface area contributed by atoms with E-state index in [2.05, 4.69) is 5.10 Å². The Morgan fingerprint density at radius 1 is 1.25 bits per heavy atom. The van der Waals surface area contributed by atoms with E-state index in [1.54, 1.807) is 6.92 Å². The average Bonchev–Trinajstić information content (AvgIpc) is 3.07. The fourth-order valence-electron chi connectivity index (χ4n) is 2.49. The van der Waals surface area contributed by atoms with Crippen LogP contribution >= 0.6 is 0 Å². The molecule has 1 aromatic carbocycles. The number of hydrogen-bond donors (Lipinski definition) is 0. The summed E-state index contributed by atoms with van der Waals surface area (Å²) in [6.45, 7) is 1.58. The molecule has 0 fully saturated rings. The van der Waals surface area contributed by atoms with Gasteiger partial charge < -0.3 is 0 Å². The third-order valence-corrected chi connectivity index (χ3v) is 5.10. The lowest BCUT2D eigenvalue weighted by atomic mass is 9.99. The van der Waals surface area contributed by atoms with Crippen LogP contribution in [0.5, 0.6) is 0 Å². The molecule has 0 atom stereocenters. The van der Waals surface area contributed by atoms with E-state index in [9.17, 15) is 13.2 Å². The van der Waals surface area contributed by atoms with Crippen molar-refractivity contribution in [1.82, 2.24) is 9.19 Å². The molecule has 0 amide bonds. The fourth-order valence-corrected chi connectivity index (χ4v) is 3.22. The molecule has 1 aliphatic carbocycles. The second-order valence-corrected chi connectivity index (χ2v) is 6.87. The van der Waals surface area contributed by atoms with Crippen LogP contribution in [0.15, 0.2) is 30.6 Å². The Bertz CT molecular complexity index is 791. The molecule has 2 aromatic rings. The second-order valence-electron chi connectivity index (χ2n) is 4.76. The predicted octanol–water partition coefficient (Wildman–Crippen LogP) is 1.88. The normalized spacial score (nSPS) is 14.6. The molecule has 0 aliphatic heterocycles. The predicted molar refractivity (Wildman–Crippen MR) is 75.2 cm³/mol. The Hall–Kier alpha value is -1.95. The summed E-state index contributed by atoms with van der Waals surface area (Å²) in [7, 11) is -3.37. The molecule has 1 aliphatic rings. The Balaban J connectivity index is 2.10. The van der Waals surface area contributed by atoms with Gasteiger partial charge in [-0.05, 0) is 24.5 Å². The zero-order valence-electron chi connectivity index (χ0n) is 11.0. The van der Waals surface area contributed by atoms with Crippen molar-refractivity contribution >= 4 is 15.8 Å². The molecule has 0 spiro atoms. The van der Waals surface area contributed by atoms with E-state index in [0.717, 1.165) is 26.3 Å². The highest BCUT2D eigenvalue weighted by molar-refractivity contribution is 7.89. The number of carbonyl (C=O) groups is 1. The van der Waals surface area contributed by atoms with Crippen LogP contribution < -0.4 is 0 Å². The first kappa shape index (κ1) is 13.1. The van der Waals surface area contributed by atoms with Crippen LogP contribution in [0.2, 0.25) is 0 Å². The molecule has 0 unspecified atom stereocenters. The van der Waals surface area contributed by atoms with E-state index in [4.69, 9.17) is 0 Å². The molecule has 104 valence electrons. The highest BCUT2D eigenvalue weighted by atomic mass is 32.2. The summed E-state index contributed by atoms with van der Waals surface area (Å²) >= 11 is 0. The first-order valence-corrected chi connectivity index (χ1v) is 8.07. The van der Waals surface area contributed by atoms with Crippen molar-refractivity contribution in [3.05, 3.63) is 41.7 Å². The Labute approximate surface area is 117 Å². The molecule has 0 bridgehead atoms. The molecule has 1 aromatic heterocycles. The number of hydrogen-bond acceptors (Lipinski definition) is 4. The van der Waals surface area contributed by atoms with Gasteiger partial charge in [-0.3, -0.25) is 4.79 Å². The van der Waals surface area contributed by atoms with E-state index in [0.29, 0.717) is 12.8 Å². The number of aromatic nitrogens is 2. The maximum Gasteiger partial charge on any atom is 0.253 e. The third-order valence-electron chi connectivity index (χ3n) is 3.60. The van der Waals surface area contributed by atoms with Gasteiger partial charge in [0.25, 0.3) is 10.0 Å². The summed E-state index contributed by atoms with van der Waals surface area (Å²) in [6, 6.07) is 5.54. The lowest BCUT2D eigenvalue weighted by Gasteiger charge is -2.05. The SMILES string of the molecule is CCS(=O)(=O)n1cc(-c2cccc3c2CCC3=O)cn1. The highest BCUT2D eigenvalue weighted by Crippen LogP contribution is 2.32. The van der Waals surface area contributed by atoms with Gasteiger partial charge in [-0.1, -0.05) is 18.2 Å².